The Balaban J connectivity index is 1.48. The summed E-state index contributed by atoms with van der Waals surface area (Å²) in [6.45, 7) is 8.35. The first kappa shape index (κ1) is 18.1. The molecule has 6 atom stereocenters. The second-order valence-corrected chi connectivity index (χ2v) is 8.44. The van der Waals surface area contributed by atoms with Gasteiger partial charge < -0.3 is 13.9 Å². The summed E-state index contributed by atoms with van der Waals surface area (Å²) in [7, 11) is 0. The second-order valence-electron chi connectivity index (χ2n) is 8.44. The molecule has 5 heteroatoms. The number of carbonyl (C=O) groups excluding carboxylic acids is 2. The van der Waals surface area contributed by atoms with E-state index < -0.39 is 0 Å². The Morgan fingerprint density at radius 1 is 1.37 bits per heavy atom. The Labute approximate surface area is 159 Å². The molecule has 5 nitrogen and oxygen atoms in total. The molecule has 144 valence electrons. The molecule has 1 aliphatic heterocycles. The molecule has 0 bridgehead atoms. The molecule has 2 heterocycles. The van der Waals surface area contributed by atoms with Crippen LogP contribution in [0.2, 0.25) is 0 Å². The van der Waals surface area contributed by atoms with Gasteiger partial charge in [0.25, 0.3) is 0 Å². The standard InChI is InChI=1S/C22H26O5/c1-13-16-8-10-22(3)11-9-17(14(2)19(22)20(16)27-21(13)24)26-18(23)7-6-15-5-4-12-25-15/h4-7,12,14,16-17,19-20H,1,8-11H2,2-3H3. The van der Waals surface area contributed by atoms with E-state index in [1.165, 1.54) is 6.08 Å². The van der Waals surface area contributed by atoms with Crippen LogP contribution >= 0.6 is 0 Å². The van der Waals surface area contributed by atoms with Crippen molar-refractivity contribution in [3.05, 3.63) is 42.4 Å². The van der Waals surface area contributed by atoms with E-state index in [0.29, 0.717) is 11.3 Å². The zero-order valence-electron chi connectivity index (χ0n) is 15.9. The minimum Gasteiger partial charge on any atom is -0.465 e. The average Bonchev–Trinajstić information content (AvgIpc) is 3.24. The van der Waals surface area contributed by atoms with E-state index in [0.717, 1.165) is 25.7 Å². The van der Waals surface area contributed by atoms with Crippen LogP contribution in [0.5, 0.6) is 0 Å². The van der Waals surface area contributed by atoms with Crippen molar-refractivity contribution in [3.63, 3.8) is 0 Å². The minimum atomic E-state index is -0.368. The van der Waals surface area contributed by atoms with Crippen LogP contribution in [-0.2, 0) is 19.1 Å². The number of fused-ring (bicyclic) bond motifs is 3. The zero-order valence-corrected chi connectivity index (χ0v) is 15.9. The lowest BCUT2D eigenvalue weighted by molar-refractivity contribution is -0.171. The summed E-state index contributed by atoms with van der Waals surface area (Å²) in [5.41, 5.74) is 0.716. The Hall–Kier alpha value is -2.30. The van der Waals surface area contributed by atoms with Crippen LogP contribution in [-0.4, -0.2) is 24.1 Å². The van der Waals surface area contributed by atoms with Gasteiger partial charge in [-0.3, -0.25) is 0 Å². The van der Waals surface area contributed by atoms with Crippen LogP contribution < -0.4 is 0 Å². The van der Waals surface area contributed by atoms with E-state index in [9.17, 15) is 9.59 Å². The number of furan rings is 1. The fourth-order valence-corrected chi connectivity index (χ4v) is 5.42. The highest BCUT2D eigenvalue weighted by Crippen LogP contribution is 2.57. The normalized spacial score (nSPS) is 38.4. The van der Waals surface area contributed by atoms with Gasteiger partial charge in [0.2, 0.25) is 0 Å². The van der Waals surface area contributed by atoms with E-state index in [2.05, 4.69) is 20.4 Å². The smallest absolute Gasteiger partial charge is 0.334 e. The van der Waals surface area contributed by atoms with Gasteiger partial charge in [-0.05, 0) is 49.3 Å². The highest BCUT2D eigenvalue weighted by atomic mass is 16.6. The van der Waals surface area contributed by atoms with E-state index in [4.69, 9.17) is 13.9 Å². The van der Waals surface area contributed by atoms with Gasteiger partial charge in [0.05, 0.1) is 6.26 Å². The molecule has 27 heavy (non-hydrogen) atoms. The molecule has 6 unspecified atom stereocenters. The van der Waals surface area contributed by atoms with Crippen molar-refractivity contribution in [2.24, 2.45) is 23.2 Å². The number of esters is 2. The predicted molar refractivity (Wildman–Crippen MR) is 99.4 cm³/mol. The van der Waals surface area contributed by atoms with Crippen LogP contribution in [0.15, 0.2) is 41.0 Å². The topological polar surface area (TPSA) is 65.7 Å². The van der Waals surface area contributed by atoms with Crippen molar-refractivity contribution in [2.45, 2.75) is 51.7 Å². The Morgan fingerprint density at radius 2 is 2.15 bits per heavy atom. The van der Waals surface area contributed by atoms with Crippen molar-refractivity contribution >= 4 is 18.0 Å². The van der Waals surface area contributed by atoms with Gasteiger partial charge in [-0.25, -0.2) is 9.59 Å². The molecule has 1 aromatic rings. The first-order valence-electron chi connectivity index (χ1n) is 9.71. The molecular weight excluding hydrogens is 344 g/mol. The number of ether oxygens (including phenoxy) is 2. The number of rotatable bonds is 3. The summed E-state index contributed by atoms with van der Waals surface area (Å²) in [5.74, 6) is 0.388. The molecule has 1 saturated heterocycles. The molecule has 1 aromatic heterocycles. The Morgan fingerprint density at radius 3 is 2.89 bits per heavy atom. The monoisotopic (exact) mass is 370 g/mol. The van der Waals surface area contributed by atoms with Crippen molar-refractivity contribution in [1.29, 1.82) is 0 Å². The fraction of sp³-hybridized carbons (Fsp3) is 0.545. The number of carbonyl (C=O) groups is 2. The summed E-state index contributed by atoms with van der Waals surface area (Å²) in [6, 6.07) is 3.55. The SMILES string of the molecule is C=C1C(=O)OC2C1CCC1(C)CCC(OC(=O)C=Cc3ccco3)C(C)C21. The molecule has 3 fully saturated rings. The molecule has 3 aliphatic rings. The lowest BCUT2D eigenvalue weighted by atomic mass is 9.53. The highest BCUT2D eigenvalue weighted by Gasteiger charge is 2.58. The van der Waals surface area contributed by atoms with Crippen molar-refractivity contribution < 1.29 is 23.5 Å². The van der Waals surface area contributed by atoms with Gasteiger partial charge >= 0.3 is 11.9 Å². The molecule has 0 spiro atoms. The van der Waals surface area contributed by atoms with Gasteiger partial charge in [-0.2, -0.15) is 0 Å². The molecule has 2 aliphatic carbocycles. The quantitative estimate of drug-likeness (QED) is 0.591. The maximum atomic E-state index is 12.3. The summed E-state index contributed by atoms with van der Waals surface area (Å²) in [4.78, 5) is 24.3. The largest absolute Gasteiger partial charge is 0.465 e. The van der Waals surface area contributed by atoms with Crippen LogP contribution in [0.4, 0.5) is 0 Å². The predicted octanol–water partition coefficient (Wildman–Crippen LogP) is 4.15. The van der Waals surface area contributed by atoms with Gasteiger partial charge in [0.15, 0.2) is 0 Å². The van der Waals surface area contributed by atoms with Crippen molar-refractivity contribution in [3.8, 4) is 0 Å². The number of hydrogen-bond donors (Lipinski definition) is 0. The fourth-order valence-electron chi connectivity index (χ4n) is 5.42. The van der Waals surface area contributed by atoms with Gasteiger partial charge in [-0.15, -0.1) is 0 Å². The van der Waals surface area contributed by atoms with E-state index in [-0.39, 0.29) is 47.3 Å². The minimum absolute atomic E-state index is 0.103. The maximum Gasteiger partial charge on any atom is 0.334 e. The van der Waals surface area contributed by atoms with Crippen molar-refractivity contribution in [2.75, 3.05) is 0 Å². The van der Waals surface area contributed by atoms with Crippen LogP contribution in [0.25, 0.3) is 6.08 Å². The molecular formula is C22H26O5. The zero-order chi connectivity index (χ0) is 19.2. The van der Waals surface area contributed by atoms with E-state index >= 15 is 0 Å². The first-order valence-corrected chi connectivity index (χ1v) is 9.71. The third-order valence-corrected chi connectivity index (χ3v) is 6.88. The third kappa shape index (κ3) is 3.13. The maximum absolute atomic E-state index is 12.3. The van der Waals surface area contributed by atoms with Crippen molar-refractivity contribution in [1.82, 2.24) is 0 Å². The number of hydrogen-bond acceptors (Lipinski definition) is 5. The first-order chi connectivity index (χ1) is 12.9. The van der Waals surface area contributed by atoms with Gasteiger partial charge in [-0.1, -0.05) is 20.4 Å². The molecule has 0 aromatic carbocycles. The Bertz CT molecular complexity index is 777. The van der Waals surface area contributed by atoms with E-state index in [1.54, 1.807) is 24.5 Å². The van der Waals surface area contributed by atoms with Crippen LogP contribution in [0.3, 0.4) is 0 Å². The molecule has 0 amide bonds. The lowest BCUT2D eigenvalue weighted by Gasteiger charge is -2.53. The molecule has 0 radical (unpaired) electrons. The summed E-state index contributed by atoms with van der Waals surface area (Å²) < 4.78 is 16.7. The van der Waals surface area contributed by atoms with Gasteiger partial charge in [0.1, 0.15) is 18.0 Å². The highest BCUT2D eigenvalue weighted by molar-refractivity contribution is 5.91. The van der Waals surface area contributed by atoms with Crippen LogP contribution in [0.1, 0.15) is 45.3 Å². The summed E-state index contributed by atoms with van der Waals surface area (Å²) in [5, 5.41) is 0. The molecule has 4 rings (SSSR count). The summed E-state index contributed by atoms with van der Waals surface area (Å²) >= 11 is 0. The Kier molecular flexibility index (Phi) is 4.49. The van der Waals surface area contributed by atoms with Crippen LogP contribution in [0, 0.1) is 23.2 Å². The summed E-state index contributed by atoms with van der Waals surface area (Å²) in [6.07, 6.45) is 8.06. The third-order valence-electron chi connectivity index (χ3n) is 6.88. The molecule has 0 N–H and O–H groups in total. The second kappa shape index (κ2) is 6.70. The molecule has 2 saturated carbocycles. The lowest BCUT2D eigenvalue weighted by Crippen LogP contribution is -2.53. The average molecular weight is 370 g/mol. The van der Waals surface area contributed by atoms with Gasteiger partial charge in [0, 0.05) is 29.4 Å². The van der Waals surface area contributed by atoms with E-state index in [1.807, 2.05) is 0 Å².